The zero-order valence-electron chi connectivity index (χ0n) is 12.8. The van der Waals surface area contributed by atoms with Crippen LogP contribution in [0.3, 0.4) is 0 Å². The zero-order valence-corrected chi connectivity index (χ0v) is 13.6. The first-order valence-electron chi connectivity index (χ1n) is 7.10. The molecule has 124 valence electrons. The molecule has 0 atom stereocenters. The van der Waals surface area contributed by atoms with Crippen molar-refractivity contribution in [1.29, 1.82) is 0 Å². The quantitative estimate of drug-likeness (QED) is 0.636. The minimum absolute atomic E-state index is 0.371. The van der Waals surface area contributed by atoms with Crippen molar-refractivity contribution in [2.24, 2.45) is 0 Å². The van der Waals surface area contributed by atoms with Gasteiger partial charge in [0.05, 0.1) is 18.6 Å². The van der Waals surface area contributed by atoms with E-state index in [2.05, 4.69) is 15.4 Å². The van der Waals surface area contributed by atoms with Crippen molar-refractivity contribution in [2.45, 2.75) is 17.2 Å². The summed E-state index contributed by atoms with van der Waals surface area (Å²) in [5, 5.41) is 12.4. The number of halogens is 2. The third-order valence-electron chi connectivity index (χ3n) is 3.25. The Labute approximate surface area is 141 Å². The normalized spacial score (nSPS) is 11.0. The number of rotatable bonds is 6. The lowest BCUT2D eigenvalue weighted by atomic mass is 10.2. The number of hydrogen-bond acceptors (Lipinski definition) is 5. The molecule has 8 heteroatoms. The van der Waals surface area contributed by atoms with E-state index in [-0.39, 0.29) is 0 Å². The van der Waals surface area contributed by atoms with Gasteiger partial charge < -0.3 is 4.74 Å². The monoisotopic (exact) mass is 348 g/mol. The maximum atomic E-state index is 12.5. The smallest absolute Gasteiger partial charge is 0.289 e. The lowest BCUT2D eigenvalue weighted by molar-refractivity contribution is 0.251. The third kappa shape index (κ3) is 3.88. The summed E-state index contributed by atoms with van der Waals surface area (Å²) in [7, 11) is 1.45. The highest BCUT2D eigenvalue weighted by Crippen LogP contribution is 2.34. The molecule has 0 spiro atoms. The minimum Gasteiger partial charge on any atom is -0.496 e. The van der Waals surface area contributed by atoms with Gasteiger partial charge in [-0.25, -0.2) is 0 Å². The molecule has 1 heterocycles. The Morgan fingerprint density at radius 3 is 2.67 bits per heavy atom. The van der Waals surface area contributed by atoms with E-state index >= 15 is 0 Å². The molecular formula is C16H14F2N4OS. The molecule has 24 heavy (non-hydrogen) atoms. The van der Waals surface area contributed by atoms with Gasteiger partial charge in [0.15, 0.2) is 0 Å². The van der Waals surface area contributed by atoms with Crippen LogP contribution in [0.25, 0.3) is 11.4 Å². The van der Waals surface area contributed by atoms with Gasteiger partial charge in [0.1, 0.15) is 5.75 Å². The van der Waals surface area contributed by atoms with Gasteiger partial charge in [-0.1, -0.05) is 48.2 Å². The number of alkyl halides is 2. The molecule has 0 saturated carbocycles. The van der Waals surface area contributed by atoms with Crippen molar-refractivity contribution in [3.05, 3.63) is 54.1 Å². The molecule has 0 aliphatic heterocycles. The molecule has 0 fully saturated rings. The predicted molar refractivity (Wildman–Crippen MR) is 87.2 cm³/mol. The number of aromatic nitrogens is 4. The first-order valence-corrected chi connectivity index (χ1v) is 7.98. The summed E-state index contributed by atoms with van der Waals surface area (Å²) in [5.74, 6) is -1.55. The van der Waals surface area contributed by atoms with Gasteiger partial charge >= 0.3 is 0 Å². The fourth-order valence-electron chi connectivity index (χ4n) is 2.18. The van der Waals surface area contributed by atoms with Crippen LogP contribution in [0, 0.1) is 0 Å². The average molecular weight is 348 g/mol. The molecule has 2 aromatic carbocycles. The Bertz CT molecular complexity index is 811. The summed E-state index contributed by atoms with van der Waals surface area (Å²) >= 11 is 0.457. The summed E-state index contributed by atoms with van der Waals surface area (Å²) < 4.78 is 30.2. The second-order valence-corrected chi connectivity index (χ2v) is 5.91. The summed E-state index contributed by atoms with van der Waals surface area (Å²) in [5.41, 5.74) is 1.72. The second-order valence-electron chi connectivity index (χ2n) is 4.87. The Morgan fingerprint density at radius 2 is 1.96 bits per heavy atom. The van der Waals surface area contributed by atoms with E-state index in [0.29, 0.717) is 34.8 Å². The lowest BCUT2D eigenvalue weighted by Crippen LogP contribution is -2.04. The maximum absolute atomic E-state index is 12.5. The van der Waals surface area contributed by atoms with Crippen LogP contribution >= 0.6 is 11.8 Å². The van der Waals surface area contributed by atoms with Crippen molar-refractivity contribution in [3.8, 4) is 17.1 Å². The number of ether oxygens (including phenoxy) is 1. The molecule has 0 amide bonds. The molecule has 1 aromatic heterocycles. The van der Waals surface area contributed by atoms with Crippen molar-refractivity contribution in [1.82, 2.24) is 20.2 Å². The van der Waals surface area contributed by atoms with E-state index in [9.17, 15) is 8.78 Å². The van der Waals surface area contributed by atoms with Crippen LogP contribution in [0.5, 0.6) is 5.75 Å². The van der Waals surface area contributed by atoms with Crippen molar-refractivity contribution in [2.75, 3.05) is 7.11 Å². The first kappa shape index (κ1) is 16.4. The van der Waals surface area contributed by atoms with Gasteiger partial charge in [-0.3, -0.25) is 0 Å². The molecule has 0 radical (unpaired) electrons. The number of thioether (sulfide) groups is 1. The van der Waals surface area contributed by atoms with Gasteiger partial charge in [-0.15, -0.1) is 10.2 Å². The molecule has 3 aromatic rings. The number of benzene rings is 2. The fraction of sp³-hybridized carbons (Fsp3) is 0.188. The number of hydrogen-bond donors (Lipinski definition) is 0. The van der Waals surface area contributed by atoms with Crippen LogP contribution in [0.2, 0.25) is 0 Å². The molecule has 0 N–H and O–H groups in total. The Morgan fingerprint density at radius 1 is 1.17 bits per heavy atom. The standard InChI is InChI=1S/C16H14F2N4OS/c1-23-13-9-11(7-8-14(13)24-16(17)18)10-22-20-15(19-21-22)12-5-3-2-4-6-12/h2-9,16H,10H2,1H3. The Balaban J connectivity index is 1.78. The fourth-order valence-corrected chi connectivity index (χ4v) is 2.78. The van der Waals surface area contributed by atoms with Crippen molar-refractivity contribution >= 4 is 11.8 Å². The average Bonchev–Trinajstić information content (AvgIpc) is 3.05. The van der Waals surface area contributed by atoms with Crippen LogP contribution in [-0.4, -0.2) is 33.1 Å². The maximum Gasteiger partial charge on any atom is 0.289 e. The van der Waals surface area contributed by atoms with E-state index in [1.54, 1.807) is 18.2 Å². The third-order valence-corrected chi connectivity index (χ3v) is 4.02. The van der Waals surface area contributed by atoms with E-state index in [1.807, 2.05) is 30.3 Å². The molecule has 5 nitrogen and oxygen atoms in total. The van der Waals surface area contributed by atoms with Gasteiger partial charge in [0.25, 0.3) is 5.76 Å². The van der Waals surface area contributed by atoms with Crippen LogP contribution in [0.4, 0.5) is 8.78 Å². The molecule has 3 rings (SSSR count). The molecular weight excluding hydrogens is 334 g/mol. The molecule has 0 aliphatic carbocycles. The SMILES string of the molecule is COc1cc(Cn2nnc(-c3ccccc3)n2)ccc1SC(F)F. The number of methoxy groups -OCH3 is 1. The van der Waals surface area contributed by atoms with E-state index in [4.69, 9.17) is 4.74 Å². The summed E-state index contributed by atoms with van der Waals surface area (Å²) in [6.07, 6.45) is 0. The van der Waals surface area contributed by atoms with Crippen LogP contribution < -0.4 is 4.74 Å². The number of tetrazole rings is 1. The highest BCUT2D eigenvalue weighted by Gasteiger charge is 2.12. The van der Waals surface area contributed by atoms with Gasteiger partial charge in [-0.2, -0.15) is 13.6 Å². The molecule has 0 saturated heterocycles. The summed E-state index contributed by atoms with van der Waals surface area (Å²) in [6, 6.07) is 14.6. The topological polar surface area (TPSA) is 52.8 Å². The largest absolute Gasteiger partial charge is 0.496 e. The Kier molecular flexibility index (Phi) is 5.05. The molecule has 0 aliphatic rings. The minimum atomic E-state index is -2.49. The Hall–Kier alpha value is -2.48. The van der Waals surface area contributed by atoms with E-state index < -0.39 is 5.76 Å². The van der Waals surface area contributed by atoms with Crippen LogP contribution in [0.15, 0.2) is 53.4 Å². The van der Waals surface area contributed by atoms with Crippen molar-refractivity contribution < 1.29 is 13.5 Å². The summed E-state index contributed by atoms with van der Waals surface area (Å²) in [6.45, 7) is 0.371. The zero-order chi connectivity index (χ0) is 16.9. The highest BCUT2D eigenvalue weighted by molar-refractivity contribution is 7.99. The molecule has 0 bridgehead atoms. The predicted octanol–water partition coefficient (Wildman–Crippen LogP) is 3.71. The first-order chi connectivity index (χ1) is 11.7. The second kappa shape index (κ2) is 7.39. The van der Waals surface area contributed by atoms with E-state index in [1.165, 1.54) is 11.9 Å². The van der Waals surface area contributed by atoms with Gasteiger partial charge in [-0.05, 0) is 22.9 Å². The lowest BCUT2D eigenvalue weighted by Gasteiger charge is -2.09. The number of nitrogens with zero attached hydrogens (tertiary/aromatic N) is 4. The van der Waals surface area contributed by atoms with Crippen LogP contribution in [0.1, 0.15) is 5.56 Å². The van der Waals surface area contributed by atoms with Crippen LogP contribution in [-0.2, 0) is 6.54 Å². The molecule has 0 unspecified atom stereocenters. The van der Waals surface area contributed by atoms with Crippen molar-refractivity contribution in [3.63, 3.8) is 0 Å². The van der Waals surface area contributed by atoms with Gasteiger partial charge in [0.2, 0.25) is 5.82 Å². The van der Waals surface area contributed by atoms with Gasteiger partial charge in [0, 0.05) is 5.56 Å². The summed E-state index contributed by atoms with van der Waals surface area (Å²) in [4.78, 5) is 1.85. The highest BCUT2D eigenvalue weighted by atomic mass is 32.2. The van der Waals surface area contributed by atoms with E-state index in [0.717, 1.165) is 11.1 Å².